The summed E-state index contributed by atoms with van der Waals surface area (Å²) in [6.07, 6.45) is 7.50. The molecule has 2 aliphatic heterocycles. The summed E-state index contributed by atoms with van der Waals surface area (Å²) in [6.45, 7) is 15.2. The van der Waals surface area contributed by atoms with Crippen molar-refractivity contribution in [2.75, 3.05) is 70.5 Å². The molecule has 2 aromatic rings. The lowest BCUT2D eigenvalue weighted by molar-refractivity contribution is 0.0331. The molecule has 1 atom stereocenters. The molecule has 0 N–H and O–H groups in total. The first-order valence-corrected chi connectivity index (χ1v) is 13.6. The summed E-state index contributed by atoms with van der Waals surface area (Å²) >= 11 is 1.95. The van der Waals surface area contributed by atoms with E-state index in [9.17, 15) is 0 Å². The van der Waals surface area contributed by atoms with Crippen molar-refractivity contribution in [1.29, 1.82) is 0 Å². The Hall–Kier alpha value is -1.28. The monoisotopic (exact) mass is 457 g/mol. The zero-order valence-corrected chi connectivity index (χ0v) is 20.8. The molecule has 2 fully saturated rings. The van der Waals surface area contributed by atoms with Crippen LogP contribution in [0, 0.1) is 0 Å². The minimum Gasteiger partial charge on any atom is -0.379 e. The van der Waals surface area contributed by atoms with Crippen LogP contribution in [0.15, 0.2) is 0 Å². The number of piperazine rings is 1. The van der Waals surface area contributed by atoms with Crippen LogP contribution >= 0.6 is 11.3 Å². The molecule has 2 aromatic heterocycles. The van der Waals surface area contributed by atoms with E-state index >= 15 is 0 Å². The number of anilines is 1. The summed E-state index contributed by atoms with van der Waals surface area (Å²) in [7, 11) is 0. The van der Waals surface area contributed by atoms with Gasteiger partial charge in [-0.05, 0) is 37.7 Å². The highest BCUT2D eigenvalue weighted by atomic mass is 32.1. The van der Waals surface area contributed by atoms with Gasteiger partial charge in [0, 0.05) is 63.2 Å². The van der Waals surface area contributed by atoms with Gasteiger partial charge in [-0.25, -0.2) is 9.97 Å². The maximum absolute atomic E-state index is 5.49. The SMILES string of the molecule is CC[C@@H](C)c1nc(N2CCN(CCN3CCOCC3)CC2)c2c3c(sc2n1)CCCCC3. The van der Waals surface area contributed by atoms with Crippen LogP contribution in [0.2, 0.25) is 0 Å². The molecule has 32 heavy (non-hydrogen) atoms. The average Bonchev–Trinajstić information content (AvgIpc) is 3.03. The summed E-state index contributed by atoms with van der Waals surface area (Å²) in [5.74, 6) is 2.69. The number of hydrogen-bond acceptors (Lipinski definition) is 7. The molecule has 0 unspecified atom stereocenters. The lowest BCUT2D eigenvalue weighted by Crippen LogP contribution is -2.49. The largest absolute Gasteiger partial charge is 0.379 e. The molecule has 1 aliphatic carbocycles. The standard InChI is InChI=1S/C25H39N5OS/c1-3-19(2)23-26-24(22-20-7-5-4-6-8-21(20)32-25(22)27-23)30-13-11-28(12-14-30)9-10-29-15-17-31-18-16-29/h19H,3-18H2,1-2H3/t19-/m1/s1. The van der Waals surface area contributed by atoms with Gasteiger partial charge in [0.05, 0.1) is 18.6 Å². The van der Waals surface area contributed by atoms with Crippen LogP contribution in [0.25, 0.3) is 10.2 Å². The lowest BCUT2D eigenvalue weighted by atomic mass is 10.1. The fraction of sp³-hybridized carbons (Fsp3) is 0.760. The van der Waals surface area contributed by atoms with Crippen molar-refractivity contribution < 1.29 is 4.74 Å². The van der Waals surface area contributed by atoms with Crippen LogP contribution in [0.5, 0.6) is 0 Å². The third-order valence-corrected chi connectivity index (χ3v) is 8.81. The highest BCUT2D eigenvalue weighted by Gasteiger charge is 2.26. The van der Waals surface area contributed by atoms with Gasteiger partial charge in [-0.2, -0.15) is 0 Å². The van der Waals surface area contributed by atoms with Crippen LogP contribution in [-0.2, 0) is 17.6 Å². The van der Waals surface area contributed by atoms with Crippen LogP contribution in [0.4, 0.5) is 5.82 Å². The second-order valence-electron chi connectivity index (χ2n) is 9.74. The van der Waals surface area contributed by atoms with Gasteiger partial charge in [-0.3, -0.25) is 9.80 Å². The molecule has 0 spiro atoms. The van der Waals surface area contributed by atoms with Crippen LogP contribution < -0.4 is 4.90 Å². The van der Waals surface area contributed by atoms with Gasteiger partial charge in [-0.15, -0.1) is 11.3 Å². The summed E-state index contributed by atoms with van der Waals surface area (Å²) in [6, 6.07) is 0. The average molecular weight is 458 g/mol. The third-order valence-electron chi connectivity index (χ3n) is 7.62. The smallest absolute Gasteiger partial charge is 0.141 e. The fourth-order valence-corrected chi connectivity index (χ4v) is 6.52. The Morgan fingerprint density at radius 1 is 0.906 bits per heavy atom. The molecule has 2 saturated heterocycles. The summed E-state index contributed by atoms with van der Waals surface area (Å²) < 4.78 is 5.49. The Morgan fingerprint density at radius 2 is 1.62 bits per heavy atom. The van der Waals surface area contributed by atoms with Crippen LogP contribution in [0.1, 0.15) is 61.7 Å². The third kappa shape index (κ3) is 4.81. The van der Waals surface area contributed by atoms with E-state index in [-0.39, 0.29) is 0 Å². The van der Waals surface area contributed by atoms with Crippen molar-refractivity contribution in [3.63, 3.8) is 0 Å². The van der Waals surface area contributed by atoms with Crippen LogP contribution in [-0.4, -0.2) is 85.3 Å². The van der Waals surface area contributed by atoms with Gasteiger partial charge >= 0.3 is 0 Å². The Bertz CT molecular complexity index is 901. The molecule has 7 heteroatoms. The molecule has 5 rings (SSSR count). The van der Waals surface area contributed by atoms with Crippen molar-refractivity contribution in [2.24, 2.45) is 0 Å². The van der Waals surface area contributed by atoms with Gasteiger partial charge in [0.25, 0.3) is 0 Å². The topological polar surface area (TPSA) is 44.7 Å². The first-order chi connectivity index (χ1) is 15.7. The molecular formula is C25H39N5OS. The number of aromatic nitrogens is 2. The van der Waals surface area contributed by atoms with E-state index in [1.165, 1.54) is 54.7 Å². The first kappa shape index (κ1) is 22.5. The number of ether oxygens (including phenoxy) is 1. The number of aryl methyl sites for hydroxylation is 2. The molecule has 0 bridgehead atoms. The maximum Gasteiger partial charge on any atom is 0.141 e. The second-order valence-corrected chi connectivity index (χ2v) is 10.8. The predicted octanol–water partition coefficient (Wildman–Crippen LogP) is 3.93. The molecule has 3 aliphatic rings. The van der Waals surface area contributed by atoms with E-state index in [1.54, 1.807) is 10.4 Å². The predicted molar refractivity (Wildman–Crippen MR) is 133 cm³/mol. The highest BCUT2D eigenvalue weighted by Crippen LogP contribution is 2.40. The van der Waals surface area contributed by atoms with Gasteiger partial charge in [-0.1, -0.05) is 20.3 Å². The van der Waals surface area contributed by atoms with Crippen molar-refractivity contribution in [3.8, 4) is 0 Å². The van der Waals surface area contributed by atoms with Crippen molar-refractivity contribution in [1.82, 2.24) is 19.8 Å². The summed E-state index contributed by atoms with van der Waals surface area (Å²) in [5.41, 5.74) is 1.57. The Labute approximate surface area is 197 Å². The molecule has 0 saturated carbocycles. The number of morpholine rings is 1. The molecule has 176 valence electrons. The Balaban J connectivity index is 1.35. The van der Waals surface area contributed by atoms with Crippen molar-refractivity contribution in [2.45, 2.75) is 58.3 Å². The van der Waals surface area contributed by atoms with E-state index in [0.717, 1.165) is 71.3 Å². The van der Waals surface area contributed by atoms with Crippen LogP contribution in [0.3, 0.4) is 0 Å². The number of hydrogen-bond donors (Lipinski definition) is 0. The second kappa shape index (κ2) is 10.3. The van der Waals surface area contributed by atoms with E-state index in [4.69, 9.17) is 14.7 Å². The number of fused-ring (bicyclic) bond motifs is 3. The zero-order valence-electron chi connectivity index (χ0n) is 19.9. The fourth-order valence-electron chi connectivity index (χ4n) is 5.25. The quantitative estimate of drug-likeness (QED) is 0.613. The van der Waals surface area contributed by atoms with E-state index < -0.39 is 0 Å². The first-order valence-electron chi connectivity index (χ1n) is 12.8. The molecular weight excluding hydrogens is 418 g/mol. The van der Waals surface area contributed by atoms with E-state index in [2.05, 4.69) is 28.5 Å². The Kier molecular flexibility index (Phi) is 7.26. The molecule has 4 heterocycles. The van der Waals surface area contributed by atoms with Gasteiger partial charge < -0.3 is 9.64 Å². The minimum atomic E-state index is 0.412. The summed E-state index contributed by atoms with van der Waals surface area (Å²) in [4.78, 5) is 20.9. The number of nitrogens with zero attached hydrogens (tertiary/aromatic N) is 5. The number of rotatable bonds is 6. The van der Waals surface area contributed by atoms with E-state index in [0.29, 0.717) is 5.92 Å². The zero-order chi connectivity index (χ0) is 21.9. The molecule has 0 radical (unpaired) electrons. The molecule has 6 nitrogen and oxygen atoms in total. The van der Waals surface area contributed by atoms with Gasteiger partial charge in [0.1, 0.15) is 16.5 Å². The molecule has 0 amide bonds. The number of thiophene rings is 1. The highest BCUT2D eigenvalue weighted by molar-refractivity contribution is 7.19. The lowest BCUT2D eigenvalue weighted by Gasteiger charge is -2.37. The maximum atomic E-state index is 5.49. The normalized spacial score (nSPS) is 22.1. The van der Waals surface area contributed by atoms with Crippen molar-refractivity contribution >= 4 is 27.4 Å². The summed E-state index contributed by atoms with van der Waals surface area (Å²) in [5, 5.41) is 1.39. The van der Waals surface area contributed by atoms with Crippen molar-refractivity contribution in [3.05, 3.63) is 16.3 Å². The van der Waals surface area contributed by atoms with Gasteiger partial charge in [0.15, 0.2) is 0 Å². The van der Waals surface area contributed by atoms with Gasteiger partial charge in [0.2, 0.25) is 0 Å². The minimum absolute atomic E-state index is 0.412. The molecule has 0 aromatic carbocycles. The van der Waals surface area contributed by atoms with E-state index in [1.807, 2.05) is 11.3 Å². The Morgan fingerprint density at radius 3 is 2.38 bits per heavy atom.